The van der Waals surface area contributed by atoms with Crippen LogP contribution in [-0.2, 0) is 4.79 Å². The molecule has 0 amide bonds. The second kappa shape index (κ2) is 2.65. The first-order valence-corrected chi connectivity index (χ1v) is 4.80. The zero-order chi connectivity index (χ0) is 7.78. The molecule has 0 heterocycles. The van der Waals surface area contributed by atoms with Gasteiger partial charge in [0.05, 0.1) is 0 Å². The molecule has 0 aromatic heterocycles. The van der Waals surface area contributed by atoms with Crippen LogP contribution in [0.1, 0.15) is 26.7 Å². The Labute approximate surface area is 70.3 Å². The van der Waals surface area contributed by atoms with E-state index in [1.165, 1.54) is 0 Å². The van der Waals surface area contributed by atoms with Crippen molar-refractivity contribution in [1.82, 2.24) is 0 Å². The van der Waals surface area contributed by atoms with Crippen molar-refractivity contribution in [2.75, 3.05) is 5.33 Å². The third-order valence-corrected chi connectivity index (χ3v) is 3.09. The Balaban J connectivity index is 2.46. The number of halogens is 1. The van der Waals surface area contributed by atoms with Crippen molar-refractivity contribution in [2.45, 2.75) is 26.7 Å². The maximum Gasteiger partial charge on any atom is 0.139 e. The average molecular weight is 205 g/mol. The van der Waals surface area contributed by atoms with Crippen molar-refractivity contribution in [3.8, 4) is 0 Å². The molecule has 0 aliphatic heterocycles. The van der Waals surface area contributed by atoms with Gasteiger partial charge >= 0.3 is 0 Å². The van der Waals surface area contributed by atoms with Gasteiger partial charge in [0.1, 0.15) is 5.78 Å². The van der Waals surface area contributed by atoms with E-state index in [-0.39, 0.29) is 5.41 Å². The summed E-state index contributed by atoms with van der Waals surface area (Å²) in [5.41, 5.74) is -0.0201. The fourth-order valence-corrected chi connectivity index (χ4v) is 1.99. The number of rotatable bonds is 2. The number of hydrogen-bond donors (Lipinski definition) is 0. The van der Waals surface area contributed by atoms with Crippen LogP contribution >= 0.6 is 15.9 Å². The van der Waals surface area contributed by atoms with Gasteiger partial charge in [0.15, 0.2) is 0 Å². The van der Waals surface area contributed by atoms with Crippen LogP contribution in [0.25, 0.3) is 0 Å². The molecule has 0 N–H and O–H groups in total. The Hall–Kier alpha value is 0.150. The van der Waals surface area contributed by atoms with Gasteiger partial charge < -0.3 is 0 Å². The van der Waals surface area contributed by atoms with E-state index >= 15 is 0 Å². The Morgan fingerprint density at radius 3 is 2.60 bits per heavy atom. The number of hydrogen-bond acceptors (Lipinski definition) is 1. The fourth-order valence-electron chi connectivity index (χ4n) is 1.43. The third-order valence-electron chi connectivity index (χ3n) is 2.63. The molecule has 1 unspecified atom stereocenters. The van der Waals surface area contributed by atoms with Crippen LogP contribution in [0.2, 0.25) is 0 Å². The van der Waals surface area contributed by atoms with E-state index in [1.54, 1.807) is 0 Å². The quantitative estimate of drug-likeness (QED) is 0.632. The minimum absolute atomic E-state index is 0.0201. The highest BCUT2D eigenvalue weighted by molar-refractivity contribution is 9.09. The van der Waals surface area contributed by atoms with E-state index in [1.807, 2.05) is 13.8 Å². The minimum atomic E-state index is -0.0201. The normalized spacial score (nSPS) is 29.9. The molecule has 58 valence electrons. The first kappa shape index (κ1) is 8.25. The molecular weight excluding hydrogens is 192 g/mol. The molecule has 1 saturated carbocycles. The number of ketones is 1. The van der Waals surface area contributed by atoms with Crippen LogP contribution in [0.3, 0.4) is 0 Å². The van der Waals surface area contributed by atoms with E-state index in [2.05, 4.69) is 15.9 Å². The highest BCUT2D eigenvalue weighted by atomic mass is 79.9. The monoisotopic (exact) mass is 204 g/mol. The molecule has 0 aromatic rings. The second-order valence-corrected chi connectivity index (χ2v) is 4.32. The van der Waals surface area contributed by atoms with Crippen LogP contribution in [0, 0.1) is 11.3 Å². The number of carbonyl (C=O) groups excluding carboxylic acids is 1. The highest BCUT2D eigenvalue weighted by Gasteiger charge is 2.46. The molecule has 1 fully saturated rings. The van der Waals surface area contributed by atoms with Crippen LogP contribution in [0.4, 0.5) is 0 Å². The Bertz CT molecular complexity index is 151. The summed E-state index contributed by atoms with van der Waals surface area (Å²) in [5, 5.41) is 1.02. The summed E-state index contributed by atoms with van der Waals surface area (Å²) >= 11 is 3.38. The van der Waals surface area contributed by atoms with Gasteiger partial charge in [-0.2, -0.15) is 0 Å². The standard InChI is InChI=1S/C8H13BrO/c1-8(2)6(3-4-9)5-7(8)10/h6H,3-5H2,1-2H3. The van der Waals surface area contributed by atoms with Crippen molar-refractivity contribution in [3.05, 3.63) is 0 Å². The SMILES string of the molecule is CC1(C)C(=O)CC1CCBr. The van der Waals surface area contributed by atoms with E-state index in [4.69, 9.17) is 0 Å². The van der Waals surface area contributed by atoms with Crippen LogP contribution in [0.5, 0.6) is 0 Å². The molecular formula is C8H13BrO. The van der Waals surface area contributed by atoms with E-state index in [0.717, 1.165) is 18.2 Å². The smallest absolute Gasteiger partial charge is 0.139 e. The molecule has 0 bridgehead atoms. The number of carbonyl (C=O) groups is 1. The van der Waals surface area contributed by atoms with Crippen LogP contribution < -0.4 is 0 Å². The molecule has 2 heteroatoms. The van der Waals surface area contributed by atoms with Crippen LogP contribution in [-0.4, -0.2) is 11.1 Å². The van der Waals surface area contributed by atoms with Gasteiger partial charge in [-0.05, 0) is 12.3 Å². The summed E-state index contributed by atoms with van der Waals surface area (Å²) in [6.07, 6.45) is 1.94. The molecule has 1 atom stereocenters. The van der Waals surface area contributed by atoms with Crippen molar-refractivity contribution in [2.24, 2.45) is 11.3 Å². The van der Waals surface area contributed by atoms with Gasteiger partial charge in [-0.25, -0.2) is 0 Å². The molecule has 1 aliphatic rings. The Morgan fingerprint density at radius 2 is 2.30 bits per heavy atom. The molecule has 10 heavy (non-hydrogen) atoms. The molecule has 0 saturated heterocycles. The van der Waals surface area contributed by atoms with Crippen molar-refractivity contribution >= 4 is 21.7 Å². The third kappa shape index (κ3) is 1.14. The summed E-state index contributed by atoms with van der Waals surface area (Å²) in [6, 6.07) is 0. The lowest BCUT2D eigenvalue weighted by molar-refractivity contribution is -0.142. The van der Waals surface area contributed by atoms with Crippen molar-refractivity contribution in [3.63, 3.8) is 0 Å². The maximum atomic E-state index is 11.0. The van der Waals surface area contributed by atoms with Gasteiger partial charge in [0.2, 0.25) is 0 Å². The Morgan fingerprint density at radius 1 is 1.70 bits per heavy atom. The van der Waals surface area contributed by atoms with Gasteiger partial charge in [0.25, 0.3) is 0 Å². The maximum absolute atomic E-state index is 11.0. The molecule has 0 spiro atoms. The van der Waals surface area contributed by atoms with Crippen LogP contribution in [0.15, 0.2) is 0 Å². The average Bonchev–Trinajstić information content (AvgIpc) is 1.88. The summed E-state index contributed by atoms with van der Waals surface area (Å²) in [5.74, 6) is 1.05. The summed E-state index contributed by atoms with van der Waals surface area (Å²) in [7, 11) is 0. The second-order valence-electron chi connectivity index (χ2n) is 3.52. The Kier molecular flexibility index (Phi) is 2.18. The summed E-state index contributed by atoms with van der Waals surface area (Å²) < 4.78 is 0. The molecule has 1 nitrogen and oxygen atoms in total. The fraction of sp³-hybridized carbons (Fsp3) is 0.875. The zero-order valence-electron chi connectivity index (χ0n) is 6.48. The minimum Gasteiger partial charge on any atom is -0.299 e. The predicted molar refractivity (Wildman–Crippen MR) is 45.3 cm³/mol. The van der Waals surface area contributed by atoms with Gasteiger partial charge in [-0.1, -0.05) is 29.8 Å². The van der Waals surface area contributed by atoms with Crippen molar-refractivity contribution < 1.29 is 4.79 Å². The largest absolute Gasteiger partial charge is 0.299 e. The van der Waals surface area contributed by atoms with E-state index in [0.29, 0.717) is 11.7 Å². The lowest BCUT2D eigenvalue weighted by atomic mass is 9.60. The number of Topliss-reactive ketones (excluding diaryl/α,β-unsaturated/α-hetero) is 1. The van der Waals surface area contributed by atoms with E-state index in [9.17, 15) is 4.79 Å². The lowest BCUT2D eigenvalue weighted by Gasteiger charge is -2.42. The van der Waals surface area contributed by atoms with Gasteiger partial charge in [-0.3, -0.25) is 4.79 Å². The van der Waals surface area contributed by atoms with Gasteiger partial charge in [0, 0.05) is 17.2 Å². The first-order chi connectivity index (χ1) is 4.59. The molecule has 0 radical (unpaired) electrons. The summed E-state index contributed by atoms with van der Waals surface area (Å²) in [4.78, 5) is 11.0. The summed E-state index contributed by atoms with van der Waals surface area (Å²) in [6.45, 7) is 4.10. The predicted octanol–water partition coefficient (Wildman–Crippen LogP) is 2.39. The first-order valence-electron chi connectivity index (χ1n) is 3.68. The van der Waals surface area contributed by atoms with E-state index < -0.39 is 0 Å². The van der Waals surface area contributed by atoms with Crippen molar-refractivity contribution in [1.29, 1.82) is 0 Å². The highest BCUT2D eigenvalue weighted by Crippen LogP contribution is 2.44. The molecule has 1 aliphatic carbocycles. The zero-order valence-corrected chi connectivity index (χ0v) is 8.07. The lowest BCUT2D eigenvalue weighted by Crippen LogP contribution is -2.45. The van der Waals surface area contributed by atoms with Gasteiger partial charge in [-0.15, -0.1) is 0 Å². The molecule has 0 aromatic carbocycles. The number of alkyl halides is 1. The molecule has 1 rings (SSSR count). The topological polar surface area (TPSA) is 17.1 Å².